The fourth-order valence-corrected chi connectivity index (χ4v) is 4.34. The Hall–Kier alpha value is -3.44. The molecule has 1 heterocycles. The van der Waals surface area contributed by atoms with Gasteiger partial charge in [-0.15, -0.1) is 0 Å². The SMILES string of the molecule is COC(=O)c1ccc(C)c(S(=O)(=O)N(C)Cc2nc(-c3ccc(OC)c(OC)c3)no2)c1. The number of hydrogen-bond donors (Lipinski definition) is 0. The van der Waals surface area contributed by atoms with Gasteiger partial charge in [0.25, 0.3) is 0 Å². The van der Waals surface area contributed by atoms with Crippen molar-refractivity contribution >= 4 is 16.0 Å². The molecule has 0 aliphatic rings. The molecule has 10 nitrogen and oxygen atoms in total. The van der Waals surface area contributed by atoms with Gasteiger partial charge in [0, 0.05) is 12.6 Å². The summed E-state index contributed by atoms with van der Waals surface area (Å²) in [4.78, 5) is 16.1. The van der Waals surface area contributed by atoms with Crippen LogP contribution in [0.25, 0.3) is 11.4 Å². The van der Waals surface area contributed by atoms with E-state index in [0.29, 0.717) is 22.6 Å². The number of benzene rings is 2. The number of aromatic nitrogens is 2. The lowest BCUT2D eigenvalue weighted by atomic mass is 10.1. The number of nitrogens with zero attached hydrogens (tertiary/aromatic N) is 3. The van der Waals surface area contributed by atoms with Crippen molar-refractivity contribution in [2.45, 2.75) is 18.4 Å². The predicted octanol–water partition coefficient (Wildman–Crippen LogP) is 2.67. The van der Waals surface area contributed by atoms with E-state index in [9.17, 15) is 13.2 Å². The van der Waals surface area contributed by atoms with E-state index in [2.05, 4.69) is 14.9 Å². The topological polar surface area (TPSA) is 121 Å². The van der Waals surface area contributed by atoms with Gasteiger partial charge >= 0.3 is 5.97 Å². The van der Waals surface area contributed by atoms with E-state index in [1.807, 2.05) is 0 Å². The summed E-state index contributed by atoms with van der Waals surface area (Å²) in [6.45, 7) is 1.48. The van der Waals surface area contributed by atoms with Crippen molar-refractivity contribution in [2.75, 3.05) is 28.4 Å². The van der Waals surface area contributed by atoms with Crippen LogP contribution >= 0.6 is 0 Å². The molecule has 0 radical (unpaired) electrons. The van der Waals surface area contributed by atoms with Gasteiger partial charge in [0.2, 0.25) is 21.7 Å². The highest BCUT2D eigenvalue weighted by molar-refractivity contribution is 7.89. The van der Waals surface area contributed by atoms with Crippen molar-refractivity contribution in [1.82, 2.24) is 14.4 Å². The van der Waals surface area contributed by atoms with E-state index >= 15 is 0 Å². The second-order valence-corrected chi connectivity index (χ2v) is 8.83. The Balaban J connectivity index is 1.85. The smallest absolute Gasteiger partial charge is 0.337 e. The van der Waals surface area contributed by atoms with Crippen LogP contribution in [0.1, 0.15) is 21.8 Å². The van der Waals surface area contributed by atoms with Gasteiger partial charge in [0.05, 0.1) is 38.3 Å². The summed E-state index contributed by atoms with van der Waals surface area (Å²) in [5.41, 5.74) is 1.24. The molecule has 0 saturated heterocycles. The van der Waals surface area contributed by atoms with Crippen molar-refractivity contribution in [3.05, 3.63) is 53.4 Å². The Morgan fingerprint density at radius 2 is 1.78 bits per heavy atom. The maximum absolute atomic E-state index is 13.1. The van der Waals surface area contributed by atoms with Gasteiger partial charge in [-0.05, 0) is 42.8 Å². The van der Waals surface area contributed by atoms with Crippen LogP contribution in [0.4, 0.5) is 0 Å². The van der Waals surface area contributed by atoms with Crippen LogP contribution in [0, 0.1) is 6.92 Å². The zero-order chi connectivity index (χ0) is 23.5. The van der Waals surface area contributed by atoms with Crippen LogP contribution in [0.15, 0.2) is 45.8 Å². The van der Waals surface area contributed by atoms with Crippen molar-refractivity contribution in [2.24, 2.45) is 0 Å². The molecular weight excluding hydrogens is 438 g/mol. The molecule has 0 bridgehead atoms. The van der Waals surface area contributed by atoms with E-state index in [1.165, 1.54) is 40.5 Å². The molecule has 0 unspecified atom stereocenters. The third-order valence-corrected chi connectivity index (χ3v) is 6.71. The molecule has 0 atom stereocenters. The zero-order valence-electron chi connectivity index (χ0n) is 18.3. The number of carbonyl (C=O) groups is 1. The monoisotopic (exact) mass is 461 g/mol. The van der Waals surface area contributed by atoms with Gasteiger partial charge in [0.1, 0.15) is 0 Å². The van der Waals surface area contributed by atoms with E-state index in [-0.39, 0.29) is 28.7 Å². The largest absolute Gasteiger partial charge is 0.493 e. The van der Waals surface area contributed by atoms with Gasteiger partial charge in [-0.25, -0.2) is 13.2 Å². The third-order valence-electron chi connectivity index (χ3n) is 4.77. The Morgan fingerprint density at radius 1 is 1.06 bits per heavy atom. The van der Waals surface area contributed by atoms with E-state index in [4.69, 9.17) is 14.0 Å². The first-order valence-corrected chi connectivity index (χ1v) is 10.9. The van der Waals surface area contributed by atoms with Crippen LogP contribution in [-0.4, -0.2) is 57.2 Å². The minimum absolute atomic E-state index is 0.0115. The lowest BCUT2D eigenvalue weighted by Crippen LogP contribution is -2.27. The van der Waals surface area contributed by atoms with Crippen LogP contribution in [0.5, 0.6) is 11.5 Å². The Kier molecular flexibility index (Phi) is 6.80. The summed E-state index contributed by atoms with van der Waals surface area (Å²) in [5, 5.41) is 3.93. The molecule has 0 amide bonds. The second kappa shape index (κ2) is 9.37. The first-order chi connectivity index (χ1) is 15.2. The Bertz CT molecular complexity index is 1240. The minimum Gasteiger partial charge on any atom is -0.493 e. The average molecular weight is 461 g/mol. The summed E-state index contributed by atoms with van der Waals surface area (Å²) in [7, 11) is 1.72. The number of sulfonamides is 1. The summed E-state index contributed by atoms with van der Waals surface area (Å²) >= 11 is 0. The second-order valence-electron chi connectivity index (χ2n) is 6.81. The number of ether oxygens (including phenoxy) is 3. The molecule has 0 fully saturated rings. The molecule has 170 valence electrons. The van der Waals surface area contributed by atoms with Crippen molar-refractivity contribution in [1.29, 1.82) is 0 Å². The molecule has 3 aromatic rings. The maximum Gasteiger partial charge on any atom is 0.337 e. The predicted molar refractivity (Wildman–Crippen MR) is 114 cm³/mol. The molecule has 3 rings (SSSR count). The summed E-state index contributed by atoms with van der Waals surface area (Å²) in [6.07, 6.45) is 0. The molecule has 1 aromatic heterocycles. The fraction of sp³-hybridized carbons (Fsp3) is 0.286. The number of esters is 1. The third kappa shape index (κ3) is 4.58. The van der Waals surface area contributed by atoms with E-state index in [0.717, 1.165) is 4.31 Å². The van der Waals surface area contributed by atoms with Crippen LogP contribution < -0.4 is 9.47 Å². The van der Waals surface area contributed by atoms with Gasteiger partial charge < -0.3 is 18.7 Å². The van der Waals surface area contributed by atoms with Crippen molar-refractivity contribution in [3.63, 3.8) is 0 Å². The van der Waals surface area contributed by atoms with Crippen molar-refractivity contribution < 1.29 is 31.9 Å². The molecule has 0 aliphatic heterocycles. The number of rotatable bonds is 8. The van der Waals surface area contributed by atoms with Gasteiger partial charge in [-0.1, -0.05) is 11.2 Å². The molecule has 2 aromatic carbocycles. The fourth-order valence-electron chi connectivity index (χ4n) is 2.98. The zero-order valence-corrected chi connectivity index (χ0v) is 19.1. The van der Waals surface area contributed by atoms with Gasteiger partial charge in [0.15, 0.2) is 11.5 Å². The Labute approximate surface area is 185 Å². The average Bonchev–Trinajstić information content (AvgIpc) is 3.26. The van der Waals surface area contributed by atoms with Crippen LogP contribution in [0.2, 0.25) is 0 Å². The van der Waals surface area contributed by atoms with E-state index < -0.39 is 16.0 Å². The lowest BCUT2D eigenvalue weighted by Gasteiger charge is -2.17. The van der Waals surface area contributed by atoms with Gasteiger partial charge in [-0.2, -0.15) is 9.29 Å². The first kappa shape index (κ1) is 23.2. The first-order valence-electron chi connectivity index (χ1n) is 9.41. The molecular formula is C21H23N3O7S. The highest BCUT2D eigenvalue weighted by Gasteiger charge is 2.26. The summed E-state index contributed by atoms with van der Waals surface area (Å²) in [6, 6.07) is 9.48. The minimum atomic E-state index is -3.95. The molecule has 32 heavy (non-hydrogen) atoms. The molecule has 11 heteroatoms. The van der Waals surface area contributed by atoms with Crippen LogP contribution in [-0.2, 0) is 21.3 Å². The standard InChI is InChI=1S/C21H23N3O7S/c1-13-6-7-15(21(25)30-5)11-18(13)32(26,27)24(2)12-19-22-20(23-31-19)14-8-9-16(28-3)17(10-14)29-4/h6-11H,12H2,1-5H3. The van der Waals surface area contributed by atoms with E-state index in [1.54, 1.807) is 31.2 Å². The number of aryl methyl sites for hydroxylation is 1. The molecule has 0 aliphatic carbocycles. The number of hydrogen-bond acceptors (Lipinski definition) is 9. The highest BCUT2D eigenvalue weighted by Crippen LogP contribution is 2.31. The van der Waals surface area contributed by atoms with Crippen LogP contribution in [0.3, 0.4) is 0 Å². The molecule has 0 N–H and O–H groups in total. The van der Waals surface area contributed by atoms with Gasteiger partial charge in [-0.3, -0.25) is 0 Å². The summed E-state index contributed by atoms with van der Waals surface area (Å²) in [5.74, 6) is 0.797. The lowest BCUT2D eigenvalue weighted by molar-refractivity contribution is 0.0600. The normalized spacial score (nSPS) is 11.4. The molecule has 0 spiro atoms. The quantitative estimate of drug-likeness (QED) is 0.466. The maximum atomic E-state index is 13.1. The number of methoxy groups -OCH3 is 3. The Morgan fingerprint density at radius 3 is 2.44 bits per heavy atom. The van der Waals surface area contributed by atoms with Crippen molar-refractivity contribution in [3.8, 4) is 22.9 Å². The highest BCUT2D eigenvalue weighted by atomic mass is 32.2. The molecule has 0 saturated carbocycles. The summed E-state index contributed by atoms with van der Waals surface area (Å²) < 4.78 is 47.7. The number of carbonyl (C=O) groups excluding carboxylic acids is 1.